The van der Waals surface area contributed by atoms with Gasteiger partial charge in [0, 0.05) is 12.3 Å². The summed E-state index contributed by atoms with van der Waals surface area (Å²) in [5.74, 6) is 0. The highest BCUT2D eigenvalue weighted by molar-refractivity contribution is 5.90. The number of benzene rings is 1. The Labute approximate surface area is 168 Å². The molecule has 0 aliphatic rings. The first-order valence-corrected chi connectivity index (χ1v) is 9.35. The molecule has 0 saturated heterocycles. The lowest BCUT2D eigenvalue weighted by molar-refractivity contribution is 0.0979. The monoisotopic (exact) mass is 387 g/mol. The molecule has 7 heteroatoms. The molecule has 7 nitrogen and oxygen atoms in total. The molecule has 0 aliphatic heterocycles. The van der Waals surface area contributed by atoms with Crippen LogP contribution in [0.5, 0.6) is 0 Å². The zero-order valence-corrected chi connectivity index (χ0v) is 16.2. The molecule has 0 saturated carbocycles. The van der Waals surface area contributed by atoms with Crippen molar-refractivity contribution in [3.63, 3.8) is 0 Å². The average Bonchev–Trinajstić information content (AvgIpc) is 2.74. The third-order valence-corrected chi connectivity index (χ3v) is 4.65. The lowest BCUT2D eigenvalue weighted by Crippen LogP contribution is -2.28. The number of fused-ring (bicyclic) bond motifs is 1. The molecule has 1 unspecified atom stereocenters. The van der Waals surface area contributed by atoms with Gasteiger partial charge in [-0.2, -0.15) is 0 Å². The van der Waals surface area contributed by atoms with E-state index in [0.717, 1.165) is 22.3 Å². The predicted octanol–water partition coefficient (Wildman–Crippen LogP) is 3.30. The minimum absolute atomic E-state index is 0.0977. The average molecular weight is 387 g/mol. The van der Waals surface area contributed by atoms with Crippen LogP contribution in [0, 0.1) is 6.92 Å². The highest BCUT2D eigenvalue weighted by Gasteiger charge is 2.16. The molecular formula is C22H21N5O2. The van der Waals surface area contributed by atoms with Crippen LogP contribution in [0.15, 0.2) is 71.9 Å². The molecular weight excluding hydrogens is 366 g/mol. The van der Waals surface area contributed by atoms with Crippen LogP contribution in [0.4, 0.5) is 5.69 Å². The molecule has 0 fully saturated rings. The highest BCUT2D eigenvalue weighted by Crippen LogP contribution is 2.25. The highest BCUT2D eigenvalue weighted by atomic mass is 16.7. The number of rotatable bonds is 6. The van der Waals surface area contributed by atoms with Crippen LogP contribution in [0.25, 0.3) is 11.0 Å². The molecule has 29 heavy (non-hydrogen) atoms. The summed E-state index contributed by atoms with van der Waals surface area (Å²) >= 11 is 0. The maximum atomic E-state index is 12.8. The molecule has 1 aromatic carbocycles. The van der Waals surface area contributed by atoms with Crippen molar-refractivity contribution in [3.05, 3.63) is 94.4 Å². The van der Waals surface area contributed by atoms with Gasteiger partial charge in [-0.25, -0.2) is 9.97 Å². The molecule has 146 valence electrons. The molecule has 3 aromatic heterocycles. The van der Waals surface area contributed by atoms with Gasteiger partial charge >= 0.3 is 0 Å². The van der Waals surface area contributed by atoms with Gasteiger partial charge in [0.2, 0.25) is 0 Å². The zero-order valence-electron chi connectivity index (χ0n) is 16.2. The number of hydrogen-bond acceptors (Lipinski definition) is 6. The van der Waals surface area contributed by atoms with Crippen molar-refractivity contribution in [1.82, 2.24) is 19.7 Å². The van der Waals surface area contributed by atoms with Crippen LogP contribution >= 0.6 is 0 Å². The molecule has 1 N–H and O–H groups in total. The van der Waals surface area contributed by atoms with E-state index in [9.17, 15) is 4.79 Å². The van der Waals surface area contributed by atoms with Crippen molar-refractivity contribution in [2.24, 2.45) is 0 Å². The van der Waals surface area contributed by atoms with Crippen LogP contribution < -0.4 is 15.7 Å². The van der Waals surface area contributed by atoms with E-state index in [4.69, 9.17) is 4.84 Å². The van der Waals surface area contributed by atoms with Crippen LogP contribution in [-0.4, -0.2) is 19.7 Å². The Hall–Kier alpha value is -3.74. The second kappa shape index (κ2) is 8.10. The smallest absolute Gasteiger partial charge is 0.287 e. The maximum absolute atomic E-state index is 12.8. The number of nitrogens with zero attached hydrogens (tertiary/aromatic N) is 4. The first-order chi connectivity index (χ1) is 14.1. The number of hydrogen-bond donors (Lipinski definition) is 1. The van der Waals surface area contributed by atoms with E-state index in [0.29, 0.717) is 11.3 Å². The largest absolute Gasteiger partial charge is 0.404 e. The topological polar surface area (TPSA) is 81.9 Å². The molecule has 0 spiro atoms. The molecule has 4 aromatic rings. The van der Waals surface area contributed by atoms with Gasteiger partial charge in [0.05, 0.1) is 28.5 Å². The Balaban J connectivity index is 1.72. The van der Waals surface area contributed by atoms with Crippen molar-refractivity contribution in [1.29, 1.82) is 0 Å². The van der Waals surface area contributed by atoms with Crippen LogP contribution in [-0.2, 0) is 6.61 Å². The van der Waals surface area contributed by atoms with Gasteiger partial charge in [0.1, 0.15) is 12.9 Å². The fraction of sp³-hybridized carbons (Fsp3) is 0.182. The minimum Gasteiger partial charge on any atom is -0.404 e. The zero-order chi connectivity index (χ0) is 20.2. The molecule has 0 bridgehead atoms. The van der Waals surface area contributed by atoms with E-state index < -0.39 is 0 Å². The minimum atomic E-state index is -0.303. The number of nitrogens with one attached hydrogen (secondary N) is 1. The van der Waals surface area contributed by atoms with Crippen LogP contribution in [0.1, 0.15) is 29.9 Å². The second-order valence-corrected chi connectivity index (χ2v) is 6.73. The lowest BCUT2D eigenvalue weighted by Gasteiger charge is -2.18. The molecule has 0 radical (unpaired) electrons. The Morgan fingerprint density at radius 2 is 1.86 bits per heavy atom. The standard InChI is InChI=1S/C22H21N5O2/c1-15(18-10-6-7-11-23-18)26-19-12-20(28)27(22-21(19)16(2)24-14-25-22)29-13-17-8-4-3-5-9-17/h3-12,14-15,26H,13H2,1-2H3. The van der Waals surface area contributed by atoms with E-state index in [-0.39, 0.29) is 18.2 Å². The number of pyridine rings is 2. The Bertz CT molecular complexity index is 1180. The van der Waals surface area contributed by atoms with E-state index in [1.165, 1.54) is 17.1 Å². The summed E-state index contributed by atoms with van der Waals surface area (Å²) in [4.78, 5) is 31.6. The van der Waals surface area contributed by atoms with Gasteiger partial charge in [-0.3, -0.25) is 9.78 Å². The summed E-state index contributed by atoms with van der Waals surface area (Å²) < 4.78 is 1.23. The van der Waals surface area contributed by atoms with E-state index in [1.807, 2.05) is 62.4 Å². The molecule has 1 atom stereocenters. The molecule has 0 aliphatic carbocycles. The fourth-order valence-electron chi connectivity index (χ4n) is 3.18. The number of aromatic nitrogens is 4. The Morgan fingerprint density at radius 3 is 2.62 bits per heavy atom. The normalized spacial score (nSPS) is 11.9. The number of anilines is 1. The van der Waals surface area contributed by atoms with Crippen LogP contribution in [0.2, 0.25) is 0 Å². The fourth-order valence-corrected chi connectivity index (χ4v) is 3.18. The first-order valence-electron chi connectivity index (χ1n) is 9.35. The van der Waals surface area contributed by atoms with Gasteiger partial charge < -0.3 is 10.2 Å². The van der Waals surface area contributed by atoms with Crippen LogP contribution in [0.3, 0.4) is 0 Å². The van der Waals surface area contributed by atoms with Crippen molar-refractivity contribution < 1.29 is 4.84 Å². The Morgan fingerprint density at radius 1 is 1.07 bits per heavy atom. The van der Waals surface area contributed by atoms with Gasteiger partial charge in [-0.1, -0.05) is 36.4 Å². The molecule has 4 rings (SSSR count). The van der Waals surface area contributed by atoms with E-state index >= 15 is 0 Å². The van der Waals surface area contributed by atoms with Gasteiger partial charge in [0.25, 0.3) is 5.56 Å². The Kier molecular flexibility index (Phi) is 5.20. The van der Waals surface area contributed by atoms with E-state index in [1.54, 1.807) is 6.20 Å². The third kappa shape index (κ3) is 3.94. The van der Waals surface area contributed by atoms with Gasteiger partial charge in [-0.15, -0.1) is 4.73 Å². The third-order valence-electron chi connectivity index (χ3n) is 4.65. The summed E-state index contributed by atoms with van der Waals surface area (Å²) in [6, 6.07) is 16.8. The summed E-state index contributed by atoms with van der Waals surface area (Å²) in [6.07, 6.45) is 3.18. The maximum Gasteiger partial charge on any atom is 0.287 e. The summed E-state index contributed by atoms with van der Waals surface area (Å²) in [6.45, 7) is 4.13. The van der Waals surface area contributed by atoms with Crippen molar-refractivity contribution in [2.45, 2.75) is 26.5 Å². The molecule has 0 amide bonds. The second-order valence-electron chi connectivity index (χ2n) is 6.73. The summed E-state index contributed by atoms with van der Waals surface area (Å²) in [5.41, 5.74) is 3.37. The van der Waals surface area contributed by atoms with Crippen molar-refractivity contribution in [2.75, 3.05) is 5.32 Å². The quantitative estimate of drug-likeness (QED) is 0.547. The predicted molar refractivity (Wildman–Crippen MR) is 112 cm³/mol. The van der Waals surface area contributed by atoms with E-state index in [2.05, 4.69) is 20.3 Å². The summed E-state index contributed by atoms with van der Waals surface area (Å²) in [7, 11) is 0. The SMILES string of the molecule is Cc1ncnc2c1c(NC(C)c1ccccn1)cc(=O)n2OCc1ccccc1. The van der Waals surface area contributed by atoms with Crippen molar-refractivity contribution in [3.8, 4) is 0 Å². The van der Waals surface area contributed by atoms with Gasteiger partial charge in [-0.05, 0) is 31.5 Å². The molecule has 3 heterocycles. The van der Waals surface area contributed by atoms with Gasteiger partial charge in [0.15, 0.2) is 5.65 Å². The number of aryl methyl sites for hydroxylation is 1. The summed E-state index contributed by atoms with van der Waals surface area (Å²) in [5, 5.41) is 4.11. The first kappa shape index (κ1) is 18.6. The lowest BCUT2D eigenvalue weighted by atomic mass is 10.1. The van der Waals surface area contributed by atoms with Crippen molar-refractivity contribution >= 4 is 16.7 Å².